The predicted octanol–water partition coefficient (Wildman–Crippen LogP) is 2.93. The summed E-state index contributed by atoms with van der Waals surface area (Å²) >= 11 is 0. The molecule has 2 amide bonds. The van der Waals surface area contributed by atoms with Crippen molar-refractivity contribution in [2.24, 2.45) is 0 Å². The SMILES string of the molecule is CCCCCCCCCCCCCCCCCCCC[C@@H](O)C(=O)N[C@@H](CO[C@H]1O[C@H](CO)[C@H](O)[C@H](O)[C@H]1O[C@H]1O[C@H](CO[C@@H]2O[C@H](CO[C@H]3O[C@H]([C@H](C)O)[C@@H](O)[C@@H]3O)[C@H](O)[C@H](O)[C@H]2NC(C)=O)[C@H](O)[C@H](O)[C@H]1O)[C@H](O)[C@H](O)CCCCCCCCCCCCCCC. The minimum absolute atomic E-state index is 0.126. The van der Waals surface area contributed by atoms with Crippen LogP contribution in [0.15, 0.2) is 0 Å². The smallest absolute Gasteiger partial charge is 0.249 e. The largest absolute Gasteiger partial charge is 0.394 e. The lowest BCUT2D eigenvalue weighted by Crippen LogP contribution is -2.66. The molecule has 548 valence electrons. The second-order valence-electron chi connectivity index (χ2n) is 26.8. The Bertz CT molecular complexity index is 1920. The third-order valence-electron chi connectivity index (χ3n) is 18.7. The van der Waals surface area contributed by atoms with Crippen LogP contribution in [0.2, 0.25) is 0 Å². The van der Waals surface area contributed by atoms with Crippen molar-refractivity contribution in [2.75, 3.05) is 26.4 Å². The quantitative estimate of drug-likeness (QED) is 0.0389. The topological polar surface area (TPSA) is 415 Å². The minimum atomic E-state index is -2.09. The Morgan fingerprint density at radius 1 is 0.441 bits per heavy atom. The Morgan fingerprint density at radius 3 is 1.30 bits per heavy atom. The summed E-state index contributed by atoms with van der Waals surface area (Å²) in [6, 6.07) is -2.92. The number of aliphatic hydroxyl groups excluding tert-OH is 14. The van der Waals surface area contributed by atoms with Crippen molar-refractivity contribution in [1.82, 2.24) is 10.6 Å². The Kier molecular flexibility index (Phi) is 42.3. The monoisotopic (exact) mass is 1340 g/mol. The fraction of sp³-hybridized carbons (Fsp3) is 0.970. The molecule has 0 unspecified atom stereocenters. The van der Waals surface area contributed by atoms with Crippen LogP contribution in [0, 0.1) is 0 Å². The molecule has 4 heterocycles. The van der Waals surface area contributed by atoms with Crippen molar-refractivity contribution in [2.45, 2.75) is 387 Å². The highest BCUT2D eigenvalue weighted by Gasteiger charge is 2.53. The number of carbonyl (C=O) groups excluding carboxylic acids is 2. The summed E-state index contributed by atoms with van der Waals surface area (Å²) in [6.45, 7) is 3.99. The molecule has 24 atom stereocenters. The molecule has 0 aliphatic carbocycles. The molecule has 0 spiro atoms. The van der Waals surface area contributed by atoms with Gasteiger partial charge in [-0.1, -0.05) is 213 Å². The zero-order valence-corrected chi connectivity index (χ0v) is 56.4. The lowest BCUT2D eigenvalue weighted by Gasteiger charge is -2.47. The van der Waals surface area contributed by atoms with Crippen LogP contribution in [0.25, 0.3) is 0 Å². The van der Waals surface area contributed by atoms with Crippen LogP contribution in [-0.4, -0.2) is 257 Å². The summed E-state index contributed by atoms with van der Waals surface area (Å²) in [5.41, 5.74) is 0. The maximum atomic E-state index is 13.7. The highest BCUT2D eigenvalue weighted by Crippen LogP contribution is 2.33. The summed E-state index contributed by atoms with van der Waals surface area (Å²) in [6.07, 6.45) is -1.21. The zero-order chi connectivity index (χ0) is 68.2. The van der Waals surface area contributed by atoms with Gasteiger partial charge in [-0.2, -0.15) is 0 Å². The van der Waals surface area contributed by atoms with Gasteiger partial charge in [0.2, 0.25) is 11.8 Å². The Labute approximate surface area is 552 Å². The molecule has 0 aromatic carbocycles. The van der Waals surface area contributed by atoms with Crippen LogP contribution in [0.4, 0.5) is 0 Å². The third-order valence-corrected chi connectivity index (χ3v) is 18.7. The van der Waals surface area contributed by atoms with E-state index in [9.17, 15) is 81.1 Å². The lowest BCUT2D eigenvalue weighted by atomic mass is 9.96. The molecule has 0 aromatic heterocycles. The number of unbranched alkanes of at least 4 members (excludes halogenated alkanes) is 29. The number of carbonyl (C=O) groups is 2. The normalized spacial score (nSPS) is 32.5. The van der Waals surface area contributed by atoms with Gasteiger partial charge in [0.1, 0.15) is 104 Å². The fourth-order valence-corrected chi connectivity index (χ4v) is 12.7. The second-order valence-corrected chi connectivity index (χ2v) is 26.8. The molecular formula is C67H126N2O24. The molecule has 26 nitrogen and oxygen atoms in total. The average Bonchev–Trinajstić information content (AvgIpc) is 1.19. The van der Waals surface area contributed by atoms with Gasteiger partial charge in [0, 0.05) is 6.92 Å². The van der Waals surface area contributed by atoms with E-state index in [0.29, 0.717) is 12.8 Å². The number of ether oxygens (including phenoxy) is 8. The van der Waals surface area contributed by atoms with E-state index in [1.54, 1.807) is 0 Å². The van der Waals surface area contributed by atoms with E-state index in [-0.39, 0.29) is 12.8 Å². The Hall–Kier alpha value is -1.94. The average molecular weight is 1340 g/mol. The molecule has 26 heteroatoms. The van der Waals surface area contributed by atoms with E-state index in [4.69, 9.17) is 37.9 Å². The van der Waals surface area contributed by atoms with Gasteiger partial charge in [-0.15, -0.1) is 0 Å². The fourth-order valence-electron chi connectivity index (χ4n) is 12.7. The van der Waals surface area contributed by atoms with E-state index >= 15 is 0 Å². The zero-order valence-electron chi connectivity index (χ0n) is 56.4. The number of nitrogens with one attached hydrogen (secondary N) is 2. The first-order valence-electron chi connectivity index (χ1n) is 35.8. The number of hydrogen-bond donors (Lipinski definition) is 16. The molecule has 4 rings (SSSR count). The number of hydrogen-bond acceptors (Lipinski definition) is 24. The molecular weight excluding hydrogens is 1220 g/mol. The molecule has 0 bridgehead atoms. The summed E-state index contributed by atoms with van der Waals surface area (Å²) in [4.78, 5) is 26.0. The molecule has 16 N–H and O–H groups in total. The summed E-state index contributed by atoms with van der Waals surface area (Å²) in [5, 5.41) is 159. The molecule has 0 radical (unpaired) electrons. The maximum Gasteiger partial charge on any atom is 0.249 e. The Morgan fingerprint density at radius 2 is 0.849 bits per heavy atom. The molecule has 93 heavy (non-hydrogen) atoms. The third kappa shape index (κ3) is 29.4. The van der Waals surface area contributed by atoms with E-state index in [2.05, 4.69) is 24.5 Å². The molecule has 4 saturated heterocycles. The molecule has 4 aliphatic rings. The van der Waals surface area contributed by atoms with Crippen molar-refractivity contribution in [3.05, 3.63) is 0 Å². The summed E-state index contributed by atoms with van der Waals surface area (Å²) in [5.74, 6) is -1.53. The van der Waals surface area contributed by atoms with Gasteiger partial charge in [0.05, 0.1) is 44.7 Å². The highest BCUT2D eigenvalue weighted by atomic mass is 16.8. The van der Waals surface area contributed by atoms with Gasteiger partial charge in [0.25, 0.3) is 0 Å². The number of rotatable bonds is 51. The van der Waals surface area contributed by atoms with E-state index in [1.165, 1.54) is 135 Å². The molecule has 4 aliphatic heterocycles. The number of aliphatic hydroxyl groups is 14. The lowest BCUT2D eigenvalue weighted by molar-refractivity contribution is -0.371. The first-order valence-corrected chi connectivity index (χ1v) is 35.8. The van der Waals surface area contributed by atoms with Crippen LogP contribution < -0.4 is 10.6 Å². The van der Waals surface area contributed by atoms with Crippen LogP contribution >= 0.6 is 0 Å². The van der Waals surface area contributed by atoms with Gasteiger partial charge >= 0.3 is 0 Å². The van der Waals surface area contributed by atoms with Crippen molar-refractivity contribution in [1.29, 1.82) is 0 Å². The summed E-state index contributed by atoms with van der Waals surface area (Å²) < 4.78 is 46.7. The minimum Gasteiger partial charge on any atom is -0.394 e. The van der Waals surface area contributed by atoms with E-state index < -0.39 is 185 Å². The molecule has 0 saturated carbocycles. The van der Waals surface area contributed by atoms with E-state index in [0.717, 1.165) is 64.7 Å². The molecule has 4 fully saturated rings. The summed E-state index contributed by atoms with van der Waals surface area (Å²) in [7, 11) is 0. The first-order chi connectivity index (χ1) is 44.7. The predicted molar refractivity (Wildman–Crippen MR) is 341 cm³/mol. The van der Waals surface area contributed by atoms with Crippen LogP contribution in [0.3, 0.4) is 0 Å². The highest BCUT2D eigenvalue weighted by molar-refractivity contribution is 5.80. The second kappa shape index (κ2) is 47.2. The maximum absolute atomic E-state index is 13.7. The van der Waals surface area contributed by atoms with Gasteiger partial charge in [-0.25, -0.2) is 0 Å². The van der Waals surface area contributed by atoms with Crippen molar-refractivity contribution >= 4 is 11.8 Å². The number of amides is 2. The van der Waals surface area contributed by atoms with Gasteiger partial charge in [-0.3, -0.25) is 9.59 Å². The van der Waals surface area contributed by atoms with Crippen LogP contribution in [0.1, 0.15) is 240 Å². The van der Waals surface area contributed by atoms with Gasteiger partial charge in [0.15, 0.2) is 25.2 Å². The van der Waals surface area contributed by atoms with Gasteiger partial charge < -0.3 is 120 Å². The standard InChI is InChI=1S/C67H126N2O24/c1-5-7-9-11-13-15-17-19-20-21-22-23-25-27-29-31-33-35-37-46(74)63(85)69-44(51(75)45(73)36-34-32-30-28-26-24-18-16-14-12-10-8-6-2)39-86-67-62(57(81)52(76)47(38-70)89-67)93-66-59(83)56(80)54(78)49(91-66)40-87-64-50(68-43(4)72)55(79)53(77)48(90-64)41-88-65-60(84)58(82)61(92-65)42(3)71/h42,44-62,64-67,70-71,73-84H,5-41H2,1-4H3,(H,68,72)(H,69,85)/t42-,44-,45+,46+,47+,48+,49+,50+,51-,52-,53-,54-,55+,56-,57-,58-,59+,60-,61+,62+,64+,65-,66+,67-/m0/s1. The molecule has 0 aromatic rings. The van der Waals surface area contributed by atoms with Crippen LogP contribution in [-0.2, 0) is 47.5 Å². The van der Waals surface area contributed by atoms with Crippen molar-refractivity contribution in [3.63, 3.8) is 0 Å². The van der Waals surface area contributed by atoms with Crippen molar-refractivity contribution in [3.8, 4) is 0 Å². The van der Waals surface area contributed by atoms with Crippen molar-refractivity contribution < 1.29 is 119 Å². The van der Waals surface area contributed by atoms with Crippen LogP contribution in [0.5, 0.6) is 0 Å². The first kappa shape index (κ1) is 83.5. The van der Waals surface area contributed by atoms with Gasteiger partial charge in [-0.05, 0) is 19.8 Å². The van der Waals surface area contributed by atoms with E-state index in [1.807, 2.05) is 0 Å². The Balaban J connectivity index is 1.38.